The third kappa shape index (κ3) is 8.64. The van der Waals surface area contributed by atoms with Crippen LogP contribution in [-0.2, 0) is 4.79 Å². The Morgan fingerprint density at radius 1 is 1.06 bits per heavy atom. The first-order valence-electron chi connectivity index (χ1n) is 11.6. The van der Waals surface area contributed by atoms with Gasteiger partial charge in [0, 0.05) is 49.1 Å². The highest BCUT2D eigenvalue weighted by Gasteiger charge is 2.12. The molecule has 0 unspecified atom stereocenters. The molecule has 0 saturated carbocycles. The summed E-state index contributed by atoms with van der Waals surface area (Å²) in [5, 5.41) is 11.4. The van der Waals surface area contributed by atoms with Crippen LogP contribution in [0, 0.1) is 10.1 Å². The van der Waals surface area contributed by atoms with Gasteiger partial charge in [0.05, 0.1) is 17.2 Å². The van der Waals surface area contributed by atoms with Crippen LogP contribution < -0.4 is 9.64 Å². The SMILES string of the molecule is CC(=O)CCCCN(CCCCOc1cccc(-c2ccnc(Cl)n2)c1)c1cccc([N+](=O)[O-])c1. The van der Waals surface area contributed by atoms with Gasteiger partial charge in [-0.15, -0.1) is 0 Å². The quantitative estimate of drug-likeness (QED) is 0.114. The van der Waals surface area contributed by atoms with Crippen molar-refractivity contribution in [3.05, 3.63) is 76.2 Å². The molecule has 0 atom stereocenters. The number of nitrogens with zero attached hydrogens (tertiary/aromatic N) is 4. The van der Waals surface area contributed by atoms with Crippen molar-refractivity contribution in [2.45, 2.75) is 39.0 Å². The number of unbranched alkanes of at least 4 members (excludes halogenated alkanes) is 2. The number of hydrogen-bond acceptors (Lipinski definition) is 7. The van der Waals surface area contributed by atoms with Crippen LogP contribution in [0.5, 0.6) is 5.75 Å². The highest BCUT2D eigenvalue weighted by Crippen LogP contribution is 2.24. The van der Waals surface area contributed by atoms with E-state index in [1.165, 1.54) is 6.07 Å². The first kappa shape index (κ1) is 26.1. The first-order valence-corrected chi connectivity index (χ1v) is 12.0. The fraction of sp³-hybridized carbons (Fsp3) is 0.346. The number of nitro groups is 1. The van der Waals surface area contributed by atoms with Gasteiger partial charge in [-0.3, -0.25) is 10.1 Å². The van der Waals surface area contributed by atoms with Crippen LogP contribution >= 0.6 is 11.6 Å². The lowest BCUT2D eigenvalue weighted by Gasteiger charge is -2.25. The molecule has 1 aromatic heterocycles. The molecular formula is C26H29ClN4O4. The Balaban J connectivity index is 1.53. The van der Waals surface area contributed by atoms with E-state index in [9.17, 15) is 14.9 Å². The molecule has 8 nitrogen and oxygen atoms in total. The topological polar surface area (TPSA) is 98.5 Å². The minimum atomic E-state index is -0.380. The lowest BCUT2D eigenvalue weighted by atomic mass is 10.1. The second-order valence-electron chi connectivity index (χ2n) is 8.22. The number of ether oxygens (including phenoxy) is 1. The Hall–Kier alpha value is -3.52. The van der Waals surface area contributed by atoms with Gasteiger partial charge < -0.3 is 14.4 Å². The molecule has 35 heavy (non-hydrogen) atoms. The molecule has 1 heterocycles. The Morgan fingerprint density at radius 2 is 1.83 bits per heavy atom. The molecule has 0 spiro atoms. The summed E-state index contributed by atoms with van der Waals surface area (Å²) >= 11 is 5.89. The average Bonchev–Trinajstić information content (AvgIpc) is 2.85. The molecule has 0 aliphatic heterocycles. The van der Waals surface area contributed by atoms with Gasteiger partial charge in [-0.2, -0.15) is 0 Å². The summed E-state index contributed by atoms with van der Waals surface area (Å²) in [7, 11) is 0. The van der Waals surface area contributed by atoms with Crippen LogP contribution in [0.15, 0.2) is 60.8 Å². The number of carbonyl (C=O) groups excluding carboxylic acids is 1. The molecule has 0 amide bonds. The highest BCUT2D eigenvalue weighted by atomic mass is 35.5. The van der Waals surface area contributed by atoms with Crippen molar-refractivity contribution in [3.63, 3.8) is 0 Å². The van der Waals surface area contributed by atoms with Crippen LogP contribution in [0.3, 0.4) is 0 Å². The van der Waals surface area contributed by atoms with Crippen molar-refractivity contribution >= 4 is 28.8 Å². The molecule has 3 aromatic rings. The van der Waals surface area contributed by atoms with Gasteiger partial charge in [0.25, 0.3) is 5.69 Å². The molecule has 0 radical (unpaired) electrons. The van der Waals surface area contributed by atoms with E-state index in [0.29, 0.717) is 13.0 Å². The van der Waals surface area contributed by atoms with E-state index >= 15 is 0 Å². The minimum Gasteiger partial charge on any atom is -0.494 e. The van der Waals surface area contributed by atoms with E-state index in [2.05, 4.69) is 14.9 Å². The van der Waals surface area contributed by atoms with E-state index < -0.39 is 0 Å². The number of benzene rings is 2. The van der Waals surface area contributed by atoms with Gasteiger partial charge >= 0.3 is 0 Å². The zero-order valence-electron chi connectivity index (χ0n) is 19.7. The van der Waals surface area contributed by atoms with Crippen LogP contribution in [0.4, 0.5) is 11.4 Å². The lowest BCUT2D eigenvalue weighted by molar-refractivity contribution is -0.384. The number of halogens is 1. The summed E-state index contributed by atoms with van der Waals surface area (Å²) in [6.45, 7) is 3.61. The van der Waals surface area contributed by atoms with Crippen LogP contribution in [0.1, 0.15) is 39.0 Å². The van der Waals surface area contributed by atoms with Crippen molar-refractivity contribution in [1.29, 1.82) is 0 Å². The lowest BCUT2D eigenvalue weighted by Crippen LogP contribution is -2.26. The number of hydrogen-bond donors (Lipinski definition) is 0. The van der Waals surface area contributed by atoms with Crippen molar-refractivity contribution in [2.75, 3.05) is 24.6 Å². The maximum Gasteiger partial charge on any atom is 0.271 e. The van der Waals surface area contributed by atoms with E-state index in [1.807, 2.05) is 30.3 Å². The largest absolute Gasteiger partial charge is 0.494 e. The summed E-state index contributed by atoms with van der Waals surface area (Å²) in [6, 6.07) is 16.2. The van der Waals surface area contributed by atoms with Crippen LogP contribution in [0.25, 0.3) is 11.3 Å². The maximum absolute atomic E-state index is 11.2. The summed E-state index contributed by atoms with van der Waals surface area (Å²) in [6.07, 6.45) is 5.50. The molecule has 184 valence electrons. The van der Waals surface area contributed by atoms with Gasteiger partial charge in [0.15, 0.2) is 0 Å². The predicted octanol–water partition coefficient (Wildman–Crippen LogP) is 6.13. The van der Waals surface area contributed by atoms with E-state index in [-0.39, 0.29) is 21.7 Å². The second kappa shape index (κ2) is 13.4. The van der Waals surface area contributed by atoms with E-state index in [0.717, 1.165) is 61.5 Å². The van der Waals surface area contributed by atoms with E-state index in [1.54, 1.807) is 31.3 Å². The standard InChI is InChI=1S/C26H29ClN4O4/c1-20(32)8-2-3-15-30(22-10-7-11-23(19-22)31(33)34)16-4-5-17-35-24-12-6-9-21(18-24)25-13-14-28-26(27)29-25/h6-7,9-14,18-19H,2-5,8,15-17H2,1H3. The number of rotatable bonds is 14. The van der Waals surface area contributed by atoms with Gasteiger partial charge in [0.1, 0.15) is 11.5 Å². The summed E-state index contributed by atoms with van der Waals surface area (Å²) in [5.74, 6) is 0.924. The smallest absolute Gasteiger partial charge is 0.271 e. The van der Waals surface area contributed by atoms with Crippen molar-refractivity contribution in [2.24, 2.45) is 0 Å². The fourth-order valence-corrected chi connectivity index (χ4v) is 3.83. The minimum absolute atomic E-state index is 0.0735. The fourth-order valence-electron chi connectivity index (χ4n) is 3.69. The third-order valence-electron chi connectivity index (χ3n) is 5.46. The Morgan fingerprint density at radius 3 is 2.57 bits per heavy atom. The first-order chi connectivity index (χ1) is 16.9. The Kier molecular flexibility index (Phi) is 9.98. The molecule has 0 aliphatic carbocycles. The van der Waals surface area contributed by atoms with Crippen molar-refractivity contribution < 1.29 is 14.5 Å². The van der Waals surface area contributed by atoms with Crippen LogP contribution in [0.2, 0.25) is 5.28 Å². The number of Topliss-reactive ketones (excluding diaryl/α,β-unsaturated/α-hetero) is 1. The molecule has 3 rings (SSSR count). The van der Waals surface area contributed by atoms with Crippen LogP contribution in [-0.4, -0.2) is 40.4 Å². The second-order valence-corrected chi connectivity index (χ2v) is 8.56. The molecule has 0 saturated heterocycles. The summed E-state index contributed by atoms with van der Waals surface area (Å²) in [4.78, 5) is 32.3. The number of anilines is 1. The number of carbonyl (C=O) groups is 1. The monoisotopic (exact) mass is 496 g/mol. The number of nitro benzene ring substituents is 1. The molecule has 0 bridgehead atoms. The summed E-state index contributed by atoms with van der Waals surface area (Å²) < 4.78 is 5.94. The zero-order valence-corrected chi connectivity index (χ0v) is 20.5. The van der Waals surface area contributed by atoms with Crippen molar-refractivity contribution in [1.82, 2.24) is 9.97 Å². The van der Waals surface area contributed by atoms with Gasteiger partial charge in [-0.25, -0.2) is 9.97 Å². The van der Waals surface area contributed by atoms with Gasteiger partial charge in [-0.1, -0.05) is 18.2 Å². The van der Waals surface area contributed by atoms with E-state index in [4.69, 9.17) is 16.3 Å². The third-order valence-corrected chi connectivity index (χ3v) is 5.64. The maximum atomic E-state index is 11.2. The zero-order chi connectivity index (χ0) is 25.0. The summed E-state index contributed by atoms with van der Waals surface area (Å²) in [5.41, 5.74) is 2.52. The number of ketones is 1. The molecule has 0 fully saturated rings. The van der Waals surface area contributed by atoms with Gasteiger partial charge in [-0.05, 0) is 68.5 Å². The predicted molar refractivity (Wildman–Crippen MR) is 137 cm³/mol. The molecular weight excluding hydrogens is 468 g/mol. The average molecular weight is 497 g/mol. The van der Waals surface area contributed by atoms with Gasteiger partial charge in [0.2, 0.25) is 5.28 Å². The molecule has 2 aromatic carbocycles. The molecule has 0 N–H and O–H groups in total. The molecule has 0 aliphatic rings. The van der Waals surface area contributed by atoms with Crippen molar-refractivity contribution in [3.8, 4) is 17.0 Å². The Bertz CT molecular complexity index is 1140. The Labute approximate surface area is 210 Å². The normalized spacial score (nSPS) is 10.7. The number of non-ortho nitro benzene ring substituents is 1. The number of aromatic nitrogens is 2. The highest BCUT2D eigenvalue weighted by molar-refractivity contribution is 6.28. The molecule has 9 heteroatoms.